The number of aryl methyl sites for hydroxylation is 1. The van der Waals surface area contributed by atoms with Crippen molar-refractivity contribution < 1.29 is 4.79 Å². The van der Waals surface area contributed by atoms with E-state index >= 15 is 0 Å². The van der Waals surface area contributed by atoms with Crippen LogP contribution in [0.15, 0.2) is 53.3 Å². The molecule has 23 heavy (non-hydrogen) atoms. The van der Waals surface area contributed by atoms with Gasteiger partial charge in [0.15, 0.2) is 0 Å². The van der Waals surface area contributed by atoms with Crippen molar-refractivity contribution in [3.8, 4) is 0 Å². The summed E-state index contributed by atoms with van der Waals surface area (Å²) in [6.07, 6.45) is 3.35. The minimum absolute atomic E-state index is 0.225. The summed E-state index contributed by atoms with van der Waals surface area (Å²) in [5, 5.41) is 7.66. The lowest BCUT2D eigenvalue weighted by Crippen LogP contribution is -2.18. The van der Waals surface area contributed by atoms with Crippen LogP contribution in [-0.2, 0) is 13.6 Å². The van der Waals surface area contributed by atoms with E-state index in [4.69, 9.17) is 11.6 Å². The molecular weight excluding hydrogens is 380 g/mol. The van der Waals surface area contributed by atoms with Crippen LogP contribution in [0, 0.1) is 0 Å². The molecule has 0 saturated carbocycles. The number of carbonyl (C=O) groups excluding carboxylic acids is 1. The molecule has 0 aliphatic carbocycles. The van der Waals surface area contributed by atoms with Gasteiger partial charge in [-0.25, -0.2) is 4.68 Å². The van der Waals surface area contributed by atoms with E-state index in [1.54, 1.807) is 40.8 Å². The van der Waals surface area contributed by atoms with Crippen molar-refractivity contribution in [2.75, 3.05) is 5.32 Å². The number of carbonyl (C=O) groups is 1. The molecule has 0 aliphatic rings. The number of hydrogen-bond donors (Lipinski definition) is 1. The standard InChI is InChI=1S/C16H14BrClN4O/c1-21-10-13(18)8-14(21)16(23)20-15-6-7-19-22(15)9-11-2-4-12(17)5-3-11/h2-8,10H,9H2,1H3,(H,20,23). The monoisotopic (exact) mass is 392 g/mol. The molecule has 0 saturated heterocycles. The minimum Gasteiger partial charge on any atom is -0.345 e. The summed E-state index contributed by atoms with van der Waals surface area (Å²) >= 11 is 9.33. The summed E-state index contributed by atoms with van der Waals surface area (Å²) in [4.78, 5) is 12.4. The molecule has 0 spiro atoms. The zero-order valence-corrected chi connectivity index (χ0v) is 14.7. The summed E-state index contributed by atoms with van der Waals surface area (Å²) < 4.78 is 4.45. The molecule has 0 bridgehead atoms. The van der Waals surface area contributed by atoms with Crippen LogP contribution in [0.1, 0.15) is 16.1 Å². The van der Waals surface area contributed by atoms with Gasteiger partial charge in [0, 0.05) is 23.8 Å². The minimum atomic E-state index is -0.225. The van der Waals surface area contributed by atoms with Gasteiger partial charge in [0.25, 0.3) is 5.91 Å². The third kappa shape index (κ3) is 3.65. The molecule has 2 aromatic heterocycles. The van der Waals surface area contributed by atoms with E-state index in [2.05, 4.69) is 26.3 Å². The van der Waals surface area contributed by atoms with Crippen LogP contribution in [0.25, 0.3) is 0 Å². The molecule has 0 aliphatic heterocycles. The molecule has 2 heterocycles. The summed E-state index contributed by atoms with van der Waals surface area (Å²) in [7, 11) is 1.78. The Morgan fingerprint density at radius 1 is 1.30 bits per heavy atom. The first-order valence-electron chi connectivity index (χ1n) is 6.92. The van der Waals surface area contributed by atoms with Crippen LogP contribution in [0.2, 0.25) is 5.02 Å². The summed E-state index contributed by atoms with van der Waals surface area (Å²) in [5.41, 5.74) is 1.58. The van der Waals surface area contributed by atoms with Gasteiger partial charge >= 0.3 is 0 Å². The molecule has 5 nitrogen and oxygen atoms in total. The van der Waals surface area contributed by atoms with E-state index in [9.17, 15) is 4.79 Å². The smallest absolute Gasteiger partial charge is 0.273 e. The number of amides is 1. The second kappa shape index (κ2) is 6.60. The van der Waals surface area contributed by atoms with Crippen molar-refractivity contribution in [1.82, 2.24) is 14.3 Å². The molecule has 1 amide bonds. The van der Waals surface area contributed by atoms with Crippen LogP contribution in [-0.4, -0.2) is 20.3 Å². The number of nitrogens with one attached hydrogen (secondary N) is 1. The maximum Gasteiger partial charge on any atom is 0.273 e. The predicted octanol–water partition coefficient (Wildman–Crippen LogP) is 3.94. The largest absolute Gasteiger partial charge is 0.345 e. The van der Waals surface area contributed by atoms with Gasteiger partial charge in [-0.1, -0.05) is 39.7 Å². The zero-order valence-electron chi connectivity index (χ0n) is 12.3. The Balaban J connectivity index is 1.77. The molecule has 1 N–H and O–H groups in total. The lowest BCUT2D eigenvalue weighted by atomic mass is 10.2. The van der Waals surface area contributed by atoms with Crippen molar-refractivity contribution in [3.05, 3.63) is 69.5 Å². The summed E-state index contributed by atoms with van der Waals surface area (Å²) in [6.45, 7) is 0.573. The third-order valence-corrected chi connectivity index (χ3v) is 4.14. The number of halogens is 2. The van der Waals surface area contributed by atoms with E-state index in [0.717, 1.165) is 10.0 Å². The normalized spacial score (nSPS) is 10.7. The fraction of sp³-hybridized carbons (Fsp3) is 0.125. The van der Waals surface area contributed by atoms with Crippen LogP contribution in [0.5, 0.6) is 0 Å². The Morgan fingerprint density at radius 2 is 2.04 bits per heavy atom. The SMILES string of the molecule is Cn1cc(Cl)cc1C(=O)Nc1ccnn1Cc1ccc(Br)cc1. The predicted molar refractivity (Wildman–Crippen MR) is 93.8 cm³/mol. The molecule has 7 heteroatoms. The number of aromatic nitrogens is 3. The topological polar surface area (TPSA) is 51.9 Å². The van der Waals surface area contributed by atoms with Gasteiger partial charge in [-0.3, -0.25) is 4.79 Å². The average molecular weight is 394 g/mol. The molecule has 0 radical (unpaired) electrons. The van der Waals surface area contributed by atoms with E-state index < -0.39 is 0 Å². The molecular formula is C16H14BrClN4O. The number of rotatable bonds is 4. The average Bonchev–Trinajstić information content (AvgIpc) is 3.08. The Hall–Kier alpha value is -2.05. The fourth-order valence-corrected chi connectivity index (χ4v) is 2.77. The molecule has 0 unspecified atom stereocenters. The molecule has 0 fully saturated rings. The van der Waals surface area contributed by atoms with Crippen LogP contribution in [0.3, 0.4) is 0 Å². The second-order valence-corrected chi connectivity index (χ2v) is 6.46. The summed E-state index contributed by atoms with van der Waals surface area (Å²) in [6, 6.07) is 11.4. The first-order chi connectivity index (χ1) is 11.0. The first-order valence-corrected chi connectivity index (χ1v) is 8.09. The number of hydrogen-bond acceptors (Lipinski definition) is 2. The van der Waals surface area contributed by atoms with Gasteiger partial charge in [0.2, 0.25) is 0 Å². The molecule has 1 aromatic carbocycles. The van der Waals surface area contributed by atoms with Crippen molar-refractivity contribution in [1.29, 1.82) is 0 Å². The third-order valence-electron chi connectivity index (χ3n) is 3.41. The van der Waals surface area contributed by atoms with E-state index in [0.29, 0.717) is 23.1 Å². The number of anilines is 1. The zero-order chi connectivity index (χ0) is 16.4. The van der Waals surface area contributed by atoms with Gasteiger partial charge in [-0.2, -0.15) is 5.10 Å². The first kappa shape index (κ1) is 15.8. The van der Waals surface area contributed by atoms with Gasteiger partial charge in [-0.05, 0) is 23.8 Å². The lowest BCUT2D eigenvalue weighted by Gasteiger charge is -2.09. The highest BCUT2D eigenvalue weighted by atomic mass is 79.9. The van der Waals surface area contributed by atoms with Gasteiger partial charge in [0.05, 0.1) is 17.8 Å². The van der Waals surface area contributed by atoms with E-state index in [-0.39, 0.29) is 5.91 Å². The number of benzene rings is 1. The maximum absolute atomic E-state index is 12.4. The molecule has 3 rings (SSSR count). The Labute approximate surface area is 147 Å². The quantitative estimate of drug-likeness (QED) is 0.730. The van der Waals surface area contributed by atoms with Crippen LogP contribution < -0.4 is 5.32 Å². The van der Waals surface area contributed by atoms with E-state index in [1.807, 2.05) is 24.3 Å². The summed E-state index contributed by atoms with van der Waals surface area (Å²) in [5.74, 6) is 0.409. The van der Waals surface area contributed by atoms with Gasteiger partial charge in [-0.15, -0.1) is 0 Å². The van der Waals surface area contributed by atoms with Crippen molar-refractivity contribution >= 4 is 39.3 Å². The highest BCUT2D eigenvalue weighted by Gasteiger charge is 2.13. The highest BCUT2D eigenvalue weighted by molar-refractivity contribution is 9.10. The molecule has 3 aromatic rings. The maximum atomic E-state index is 12.4. The Bertz CT molecular complexity index is 838. The van der Waals surface area contributed by atoms with Crippen LogP contribution >= 0.6 is 27.5 Å². The van der Waals surface area contributed by atoms with Gasteiger partial charge < -0.3 is 9.88 Å². The Morgan fingerprint density at radius 3 is 2.70 bits per heavy atom. The van der Waals surface area contributed by atoms with E-state index in [1.165, 1.54) is 0 Å². The van der Waals surface area contributed by atoms with Gasteiger partial charge in [0.1, 0.15) is 11.5 Å². The highest BCUT2D eigenvalue weighted by Crippen LogP contribution is 2.17. The van der Waals surface area contributed by atoms with Crippen LogP contribution in [0.4, 0.5) is 5.82 Å². The second-order valence-electron chi connectivity index (χ2n) is 5.11. The fourth-order valence-electron chi connectivity index (χ4n) is 2.26. The Kier molecular flexibility index (Phi) is 4.54. The lowest BCUT2D eigenvalue weighted by molar-refractivity contribution is 0.101. The van der Waals surface area contributed by atoms with Crippen molar-refractivity contribution in [3.63, 3.8) is 0 Å². The molecule has 118 valence electrons. The number of nitrogens with zero attached hydrogens (tertiary/aromatic N) is 3. The molecule has 0 atom stereocenters. The van der Waals surface area contributed by atoms with Crippen molar-refractivity contribution in [2.24, 2.45) is 7.05 Å². The van der Waals surface area contributed by atoms with Crippen molar-refractivity contribution in [2.45, 2.75) is 6.54 Å².